The highest BCUT2D eigenvalue weighted by Gasteiger charge is 2.53. The molecule has 0 saturated heterocycles. The number of hydrogen-bond donors (Lipinski definition) is 8. The van der Waals surface area contributed by atoms with Crippen LogP contribution in [0, 0.1) is 27.7 Å². The molecule has 0 spiro atoms. The average Bonchev–Trinajstić information content (AvgIpc) is 1.59. The minimum Gasteiger partial charge on any atom is -0.508 e. The van der Waals surface area contributed by atoms with Gasteiger partial charge in [-0.1, -0.05) is 332 Å². The Labute approximate surface area is 753 Å². The molecule has 20 rings (SSSR count). The molecule has 0 unspecified atom stereocenters. The van der Waals surface area contributed by atoms with E-state index in [1.54, 1.807) is 24.3 Å². The summed E-state index contributed by atoms with van der Waals surface area (Å²) in [5.74, 6) is 2.17. The van der Waals surface area contributed by atoms with Gasteiger partial charge in [-0.2, -0.15) is 0 Å². The van der Waals surface area contributed by atoms with Gasteiger partial charge in [0.2, 0.25) is 0 Å². The Hall–Kier alpha value is -14.1. The lowest BCUT2D eigenvalue weighted by Gasteiger charge is -2.35. The minimum absolute atomic E-state index is 0.230. The summed E-state index contributed by atoms with van der Waals surface area (Å²) in [5, 5.41) is 86.9. The molecule has 0 radical (unpaired) electrons. The third-order valence-electron chi connectivity index (χ3n) is 27.2. The van der Waals surface area contributed by atoms with Crippen molar-refractivity contribution < 1.29 is 40.9 Å². The van der Waals surface area contributed by atoms with Gasteiger partial charge >= 0.3 is 0 Å². The van der Waals surface area contributed by atoms with E-state index in [1.807, 2.05) is 161 Å². The zero-order valence-corrected chi connectivity index (χ0v) is 74.4. The number of unbranched alkanes of at least 4 members (excludes halogenated alkanes) is 4. The third kappa shape index (κ3) is 14.9. The maximum absolute atomic E-state index is 11.4. The first-order valence-corrected chi connectivity index (χ1v) is 45.5. The number of aryl methyl sites for hydroxylation is 8. The van der Waals surface area contributed by atoms with Gasteiger partial charge in [-0.15, -0.1) is 0 Å². The summed E-state index contributed by atoms with van der Waals surface area (Å²) in [4.78, 5) is 0. The lowest BCUT2D eigenvalue weighted by atomic mass is 9.66. The number of fused-ring (bicyclic) bond motifs is 12. The Kier molecular flexibility index (Phi) is 24.3. The van der Waals surface area contributed by atoms with Crippen molar-refractivity contribution in [2.75, 3.05) is 0 Å². The third-order valence-corrected chi connectivity index (χ3v) is 27.2. The molecule has 8 heteroatoms. The average molecular weight is 1680 g/mol. The van der Waals surface area contributed by atoms with Crippen LogP contribution in [0.4, 0.5) is 0 Å². The maximum atomic E-state index is 11.4. The standard InChI is InChI=1S/C35H38O2.C33H34O2.C27H22O2.C25H18O2/c1-5-7-9-25-13-17-29-27(21-25)28-22-26(10-8-6-2)14-18-30(28)35(29,31-15-11-23(3)19-33(31)36)32-16-12-24(4)20-34(32)37;1-3-5-11-23-21-25(17-19-31(23)34)33(26-18-20-32(35)24(22-26)12-6-4-2)29-15-9-7-13-27(29)28-14-8-10-16-30(28)33;1-17-11-13-23(25(28)15-17)27(24-14-12-18(2)16-26(24)29)21-9-5-3-7-19(21)20-8-4-6-10-22(20)27;26-19-9-5-7-17(15-19)25(18-8-6-10-20(27)16-18)23-13-3-1-11-21(23)22-12-2-4-14-24(22)25/h11-22,36-37H,5-10H2,1-4H3;7-10,13-22,34-35H,3-6,11-12H2,1-2H3;3-16,28-29H,1-2H3;1-16,26-27H. The van der Waals surface area contributed by atoms with Crippen LogP contribution in [0.1, 0.15) is 213 Å². The molecular weight excluding hydrogens is 1570 g/mol. The van der Waals surface area contributed by atoms with Crippen LogP contribution in [0.15, 0.2) is 340 Å². The van der Waals surface area contributed by atoms with Gasteiger partial charge in [0.05, 0.1) is 21.7 Å². The van der Waals surface area contributed by atoms with Gasteiger partial charge in [-0.3, -0.25) is 0 Å². The van der Waals surface area contributed by atoms with Crippen molar-refractivity contribution in [2.24, 2.45) is 0 Å². The molecule has 0 fully saturated rings. The van der Waals surface area contributed by atoms with Gasteiger partial charge in [0.25, 0.3) is 0 Å². The van der Waals surface area contributed by atoms with E-state index in [0.717, 1.165) is 199 Å². The van der Waals surface area contributed by atoms with Crippen LogP contribution in [0.2, 0.25) is 0 Å². The molecule has 16 aromatic rings. The van der Waals surface area contributed by atoms with Gasteiger partial charge in [0, 0.05) is 22.3 Å². The smallest absolute Gasteiger partial charge is 0.120 e. The van der Waals surface area contributed by atoms with Crippen LogP contribution < -0.4 is 0 Å². The molecule has 0 bridgehead atoms. The van der Waals surface area contributed by atoms with E-state index < -0.39 is 21.7 Å². The maximum Gasteiger partial charge on any atom is 0.120 e. The summed E-state index contributed by atoms with van der Waals surface area (Å²) in [6.45, 7) is 16.8. The fourth-order valence-corrected chi connectivity index (χ4v) is 21.3. The first-order chi connectivity index (χ1) is 62.2. The Balaban J connectivity index is 0.000000121. The van der Waals surface area contributed by atoms with E-state index in [2.05, 4.69) is 210 Å². The summed E-state index contributed by atoms with van der Waals surface area (Å²) >= 11 is 0. The van der Waals surface area contributed by atoms with E-state index in [9.17, 15) is 40.9 Å². The second kappa shape index (κ2) is 36.1. The molecule has 8 N–H and O–H groups in total. The summed E-state index contributed by atoms with van der Waals surface area (Å²) in [6, 6.07) is 115. The van der Waals surface area contributed by atoms with Gasteiger partial charge in [-0.05, 0) is 296 Å². The number of phenols is 8. The monoisotopic (exact) mass is 1680 g/mol. The molecule has 8 nitrogen and oxygen atoms in total. The number of rotatable bonds is 20. The van der Waals surface area contributed by atoms with Crippen molar-refractivity contribution in [3.63, 3.8) is 0 Å². The molecule has 4 aliphatic carbocycles. The summed E-state index contributed by atoms with van der Waals surface area (Å²) in [6.07, 6.45) is 12.7. The number of hydrogen-bond acceptors (Lipinski definition) is 8. The molecule has 0 amide bonds. The predicted octanol–water partition coefficient (Wildman–Crippen LogP) is 28.4. The highest BCUT2D eigenvalue weighted by Crippen LogP contribution is 2.64. The topological polar surface area (TPSA) is 162 Å². The van der Waals surface area contributed by atoms with Crippen molar-refractivity contribution in [1.29, 1.82) is 0 Å². The van der Waals surface area contributed by atoms with E-state index in [4.69, 9.17) is 0 Å². The molecule has 0 aliphatic heterocycles. The molecule has 0 aromatic heterocycles. The zero-order valence-electron chi connectivity index (χ0n) is 74.4. The first-order valence-electron chi connectivity index (χ1n) is 45.5. The van der Waals surface area contributed by atoms with Crippen LogP contribution in [0.5, 0.6) is 46.0 Å². The van der Waals surface area contributed by atoms with E-state index in [1.165, 1.54) is 55.6 Å². The van der Waals surface area contributed by atoms with Crippen LogP contribution in [0.3, 0.4) is 0 Å². The molecule has 640 valence electrons. The zero-order chi connectivity index (χ0) is 89.2. The van der Waals surface area contributed by atoms with Crippen molar-refractivity contribution in [2.45, 2.75) is 154 Å². The van der Waals surface area contributed by atoms with E-state index in [0.29, 0.717) is 11.5 Å². The molecule has 16 aromatic carbocycles. The van der Waals surface area contributed by atoms with E-state index in [-0.39, 0.29) is 34.5 Å². The fourth-order valence-electron chi connectivity index (χ4n) is 21.3. The second-order valence-corrected chi connectivity index (χ2v) is 35.3. The summed E-state index contributed by atoms with van der Waals surface area (Å²) in [7, 11) is 0. The lowest BCUT2D eigenvalue weighted by molar-refractivity contribution is 0.447. The molecule has 0 saturated carbocycles. The Bertz CT molecular complexity index is 6430. The van der Waals surface area contributed by atoms with Crippen molar-refractivity contribution in [1.82, 2.24) is 0 Å². The highest BCUT2D eigenvalue weighted by molar-refractivity contribution is 5.92. The van der Waals surface area contributed by atoms with Gasteiger partial charge in [0.1, 0.15) is 46.0 Å². The summed E-state index contributed by atoms with van der Waals surface area (Å²) < 4.78 is 0. The van der Waals surface area contributed by atoms with E-state index >= 15 is 0 Å². The van der Waals surface area contributed by atoms with Gasteiger partial charge < -0.3 is 40.9 Å². The van der Waals surface area contributed by atoms with Gasteiger partial charge in [-0.25, -0.2) is 0 Å². The SMILES string of the molecule is CCCCc1cc(C2(c3ccc(O)c(CCCC)c3)c3ccccc3-c3ccccc32)ccc1O.CCCCc1ccc2c(c1)-c1cc(CCCC)ccc1C2(c1ccc(C)cc1O)c1ccc(C)cc1O.Cc1ccc(C2(c3ccc(C)cc3O)c3ccccc3-c3ccccc32)c(O)c1.Oc1cccc(C2(c3cccc(O)c3)c3ccccc3-c3ccccc32)c1. The Morgan fingerprint density at radius 2 is 0.438 bits per heavy atom. The fraction of sp³-hybridized carbons (Fsp3) is 0.200. The molecule has 4 aliphatic rings. The van der Waals surface area contributed by atoms with Crippen LogP contribution in [-0.2, 0) is 47.3 Å². The van der Waals surface area contributed by atoms with Crippen LogP contribution in [0.25, 0.3) is 44.5 Å². The normalized spacial score (nSPS) is 13.6. The molecule has 128 heavy (non-hydrogen) atoms. The molecular formula is C120H112O8. The first kappa shape index (κ1) is 86.1. The largest absolute Gasteiger partial charge is 0.508 e. The Morgan fingerprint density at radius 1 is 0.188 bits per heavy atom. The van der Waals surface area contributed by atoms with Crippen LogP contribution in [-0.4, -0.2) is 40.9 Å². The molecule has 0 atom stereocenters. The predicted molar refractivity (Wildman–Crippen MR) is 522 cm³/mol. The Morgan fingerprint density at radius 3 is 0.711 bits per heavy atom. The quantitative estimate of drug-likeness (QED) is 0.0374. The summed E-state index contributed by atoms with van der Waals surface area (Å²) in [5.41, 5.74) is 32.1. The van der Waals surface area contributed by atoms with Crippen molar-refractivity contribution in [3.05, 3.63) is 473 Å². The van der Waals surface area contributed by atoms with Gasteiger partial charge in [0.15, 0.2) is 0 Å². The molecule has 0 heterocycles. The second-order valence-electron chi connectivity index (χ2n) is 35.3. The number of aromatic hydroxyl groups is 8. The lowest BCUT2D eigenvalue weighted by Crippen LogP contribution is -2.29. The minimum atomic E-state index is -0.813. The number of benzene rings is 16. The van der Waals surface area contributed by atoms with Crippen molar-refractivity contribution >= 4 is 0 Å². The van der Waals surface area contributed by atoms with Crippen LogP contribution >= 0.6 is 0 Å². The number of phenolic OH excluding ortho intramolecular Hbond substituents is 8. The highest BCUT2D eigenvalue weighted by atomic mass is 16.3. The van der Waals surface area contributed by atoms with Crippen molar-refractivity contribution in [3.8, 4) is 90.5 Å².